The normalized spacial score (nSPS) is 20.3. The van der Waals surface area contributed by atoms with Crippen LogP contribution in [0.3, 0.4) is 0 Å². The number of carboxylic acid groups (broad SMARTS) is 2. The molecule has 3 N–H and O–H groups in total. The zero-order valence-electron chi connectivity index (χ0n) is 12.2. The summed E-state index contributed by atoms with van der Waals surface area (Å²) in [7, 11) is 0. The van der Waals surface area contributed by atoms with Crippen molar-refractivity contribution in [2.75, 3.05) is 19.7 Å². The molecule has 0 fully saturated rings. The van der Waals surface area contributed by atoms with Crippen LogP contribution in [-0.4, -0.2) is 57.9 Å². The fraction of sp³-hybridized carbons (Fsp3) is 0.467. The molecule has 120 valence electrons. The van der Waals surface area contributed by atoms with Crippen molar-refractivity contribution in [2.24, 2.45) is 0 Å². The van der Waals surface area contributed by atoms with Crippen LogP contribution in [0.1, 0.15) is 24.2 Å². The molecule has 0 saturated carbocycles. The Bertz CT molecular complexity index is 557. The molecule has 1 aromatic rings. The molecule has 2 atom stereocenters. The Morgan fingerprint density at radius 2 is 1.91 bits per heavy atom. The summed E-state index contributed by atoms with van der Waals surface area (Å²) in [5.41, 5.74) is 1.52. The van der Waals surface area contributed by atoms with Gasteiger partial charge in [0.05, 0.1) is 19.1 Å². The number of carbonyl (C=O) groups is 2. The van der Waals surface area contributed by atoms with Crippen molar-refractivity contribution < 1.29 is 29.6 Å². The van der Waals surface area contributed by atoms with E-state index in [4.69, 9.17) is 14.9 Å². The van der Waals surface area contributed by atoms with Crippen LogP contribution in [0.25, 0.3) is 0 Å². The van der Waals surface area contributed by atoms with E-state index in [-0.39, 0.29) is 6.61 Å². The van der Waals surface area contributed by atoms with Gasteiger partial charge >= 0.3 is 11.9 Å². The summed E-state index contributed by atoms with van der Waals surface area (Å²) in [6.07, 6.45) is -0.247. The van der Waals surface area contributed by atoms with Crippen molar-refractivity contribution in [1.29, 1.82) is 0 Å². The first-order valence-corrected chi connectivity index (χ1v) is 7.04. The van der Waals surface area contributed by atoms with Gasteiger partial charge in [0.1, 0.15) is 18.5 Å². The van der Waals surface area contributed by atoms with Crippen molar-refractivity contribution in [1.82, 2.24) is 4.90 Å². The zero-order valence-corrected chi connectivity index (χ0v) is 12.2. The van der Waals surface area contributed by atoms with Gasteiger partial charge in [0, 0.05) is 5.56 Å². The van der Waals surface area contributed by atoms with Crippen molar-refractivity contribution in [3.05, 3.63) is 29.3 Å². The third-order valence-corrected chi connectivity index (χ3v) is 3.74. The molecule has 0 spiro atoms. The van der Waals surface area contributed by atoms with Gasteiger partial charge in [-0.1, -0.05) is 25.1 Å². The molecule has 7 nitrogen and oxygen atoms in total. The summed E-state index contributed by atoms with van der Waals surface area (Å²) in [4.78, 5) is 23.1. The SMILES string of the molecule is CCc1cccc2c1OCC(N(CC(=O)O)CC(=O)O)C2O. The van der Waals surface area contributed by atoms with Gasteiger partial charge in [-0.25, -0.2) is 0 Å². The van der Waals surface area contributed by atoms with Gasteiger partial charge in [0.15, 0.2) is 0 Å². The molecule has 0 radical (unpaired) electrons. The van der Waals surface area contributed by atoms with Gasteiger partial charge in [-0.15, -0.1) is 0 Å². The summed E-state index contributed by atoms with van der Waals surface area (Å²) < 4.78 is 5.69. The third kappa shape index (κ3) is 3.37. The number of aliphatic hydroxyl groups excluding tert-OH is 1. The van der Waals surface area contributed by atoms with E-state index in [0.29, 0.717) is 11.3 Å². The van der Waals surface area contributed by atoms with Crippen LogP contribution >= 0.6 is 0 Å². The van der Waals surface area contributed by atoms with Crippen molar-refractivity contribution >= 4 is 11.9 Å². The number of aryl methyl sites for hydroxylation is 1. The first kappa shape index (κ1) is 16.3. The standard InChI is InChI=1S/C15H19NO6/c1-2-9-4-3-5-10-14(21)11(8-22-15(9)10)16(6-12(17)18)7-13(19)20/h3-5,11,14,21H,2,6-8H2,1H3,(H,17,18)(H,19,20). The van der Waals surface area contributed by atoms with Crippen molar-refractivity contribution in [3.8, 4) is 5.75 Å². The van der Waals surface area contributed by atoms with E-state index >= 15 is 0 Å². The Kier molecular flexibility index (Phi) is 4.99. The molecule has 0 saturated heterocycles. The van der Waals surface area contributed by atoms with E-state index in [2.05, 4.69) is 0 Å². The second kappa shape index (κ2) is 6.76. The average molecular weight is 309 g/mol. The van der Waals surface area contributed by atoms with E-state index in [1.54, 1.807) is 12.1 Å². The third-order valence-electron chi connectivity index (χ3n) is 3.74. The molecule has 1 aliphatic rings. The summed E-state index contributed by atoms with van der Waals surface area (Å²) in [6, 6.07) is 4.70. The summed E-state index contributed by atoms with van der Waals surface area (Å²) in [6.45, 7) is 1.07. The highest BCUT2D eigenvalue weighted by molar-refractivity contribution is 5.72. The molecule has 0 aromatic heterocycles. The number of ether oxygens (including phenoxy) is 1. The van der Waals surface area contributed by atoms with Crippen LogP contribution in [0.5, 0.6) is 5.75 Å². The highest BCUT2D eigenvalue weighted by Crippen LogP contribution is 2.36. The lowest BCUT2D eigenvalue weighted by atomic mass is 9.94. The molecule has 0 aliphatic carbocycles. The number of fused-ring (bicyclic) bond motifs is 1. The van der Waals surface area contributed by atoms with Gasteiger partial charge in [-0.2, -0.15) is 0 Å². The van der Waals surface area contributed by atoms with Gasteiger partial charge < -0.3 is 20.1 Å². The number of aliphatic carboxylic acids is 2. The van der Waals surface area contributed by atoms with Crippen LogP contribution in [0.2, 0.25) is 0 Å². The maximum absolute atomic E-state index is 10.9. The predicted octanol–water partition coefficient (Wildman–Crippen LogP) is 0.515. The van der Waals surface area contributed by atoms with Crippen molar-refractivity contribution in [3.63, 3.8) is 0 Å². The van der Waals surface area contributed by atoms with Crippen molar-refractivity contribution in [2.45, 2.75) is 25.5 Å². The first-order chi connectivity index (χ1) is 10.4. The Balaban J connectivity index is 2.28. The number of para-hydroxylation sites is 1. The molecule has 1 heterocycles. The molecular formula is C15H19NO6. The number of aliphatic hydroxyl groups is 1. The fourth-order valence-corrected chi connectivity index (χ4v) is 2.70. The number of benzene rings is 1. The maximum Gasteiger partial charge on any atom is 0.317 e. The molecule has 0 amide bonds. The average Bonchev–Trinajstić information content (AvgIpc) is 2.45. The number of carboxylic acids is 2. The Morgan fingerprint density at radius 1 is 1.27 bits per heavy atom. The predicted molar refractivity (Wildman–Crippen MR) is 76.9 cm³/mol. The highest BCUT2D eigenvalue weighted by atomic mass is 16.5. The topological polar surface area (TPSA) is 107 Å². The van der Waals surface area contributed by atoms with Crippen LogP contribution in [0, 0.1) is 0 Å². The second-order valence-electron chi connectivity index (χ2n) is 5.20. The van der Waals surface area contributed by atoms with E-state index in [9.17, 15) is 14.7 Å². The molecule has 0 bridgehead atoms. The number of nitrogens with zero attached hydrogens (tertiary/aromatic N) is 1. The molecule has 1 aliphatic heterocycles. The highest BCUT2D eigenvalue weighted by Gasteiger charge is 2.36. The summed E-state index contributed by atoms with van der Waals surface area (Å²) in [5.74, 6) is -1.69. The lowest BCUT2D eigenvalue weighted by Gasteiger charge is -2.37. The van der Waals surface area contributed by atoms with E-state index in [1.165, 1.54) is 4.90 Å². The van der Waals surface area contributed by atoms with E-state index in [1.807, 2.05) is 13.0 Å². The van der Waals surface area contributed by atoms with Crippen LogP contribution in [-0.2, 0) is 16.0 Å². The van der Waals surface area contributed by atoms with Crippen LogP contribution in [0.4, 0.5) is 0 Å². The van der Waals surface area contributed by atoms with Gasteiger partial charge in [0.25, 0.3) is 0 Å². The quantitative estimate of drug-likeness (QED) is 0.703. The molecule has 1 aromatic carbocycles. The minimum Gasteiger partial charge on any atom is -0.491 e. The fourth-order valence-electron chi connectivity index (χ4n) is 2.70. The summed E-state index contributed by atoms with van der Waals surface area (Å²) in [5, 5.41) is 28.4. The first-order valence-electron chi connectivity index (χ1n) is 7.04. The number of rotatable bonds is 6. The monoisotopic (exact) mass is 309 g/mol. The number of hydrogen-bond acceptors (Lipinski definition) is 5. The summed E-state index contributed by atoms with van der Waals surface area (Å²) >= 11 is 0. The molecule has 7 heteroatoms. The Morgan fingerprint density at radius 3 is 2.45 bits per heavy atom. The van der Waals surface area contributed by atoms with Gasteiger partial charge in [-0.3, -0.25) is 14.5 Å². The second-order valence-corrected chi connectivity index (χ2v) is 5.20. The van der Waals surface area contributed by atoms with Gasteiger partial charge in [0.2, 0.25) is 0 Å². The Labute approximate surface area is 127 Å². The largest absolute Gasteiger partial charge is 0.491 e. The smallest absolute Gasteiger partial charge is 0.317 e. The minimum atomic E-state index is -1.15. The van der Waals surface area contributed by atoms with E-state index < -0.39 is 37.2 Å². The molecule has 2 rings (SSSR count). The lowest BCUT2D eigenvalue weighted by Crippen LogP contribution is -2.50. The number of hydrogen-bond donors (Lipinski definition) is 3. The minimum absolute atomic E-state index is 0.0474. The molecule has 2 unspecified atom stereocenters. The zero-order chi connectivity index (χ0) is 16.3. The molecule has 22 heavy (non-hydrogen) atoms. The lowest BCUT2D eigenvalue weighted by molar-refractivity contribution is -0.144. The maximum atomic E-state index is 10.9. The van der Waals surface area contributed by atoms with E-state index in [0.717, 1.165) is 12.0 Å². The molecular weight excluding hydrogens is 290 g/mol. The van der Waals surface area contributed by atoms with Crippen LogP contribution in [0.15, 0.2) is 18.2 Å². The Hall–Kier alpha value is -2.12. The van der Waals surface area contributed by atoms with Gasteiger partial charge in [-0.05, 0) is 12.0 Å². The van der Waals surface area contributed by atoms with Crippen LogP contribution < -0.4 is 4.74 Å².